The minimum atomic E-state index is 0.576. The number of hydrogen-bond acceptors (Lipinski definition) is 3. The molecule has 16 heavy (non-hydrogen) atoms. The molecule has 1 aromatic rings. The van der Waals surface area contributed by atoms with Gasteiger partial charge < -0.3 is 5.32 Å². The van der Waals surface area contributed by atoms with Gasteiger partial charge in [0, 0.05) is 19.0 Å². The van der Waals surface area contributed by atoms with Gasteiger partial charge in [-0.2, -0.15) is 5.10 Å². The molecule has 0 saturated carbocycles. The van der Waals surface area contributed by atoms with E-state index >= 15 is 0 Å². The first kappa shape index (κ1) is 13.2. The van der Waals surface area contributed by atoms with Crippen LogP contribution < -0.4 is 5.32 Å². The number of hydrogen-bond donors (Lipinski definition) is 1. The Morgan fingerprint density at radius 2 is 2.12 bits per heavy atom. The van der Waals surface area contributed by atoms with Gasteiger partial charge in [-0.15, -0.1) is 0 Å². The third kappa shape index (κ3) is 3.59. The topological polar surface area (TPSA) is 42.7 Å². The van der Waals surface area contributed by atoms with E-state index in [0.29, 0.717) is 12.0 Å². The molecular formula is C12H24N4. The van der Waals surface area contributed by atoms with E-state index in [-0.39, 0.29) is 0 Å². The van der Waals surface area contributed by atoms with Crippen LogP contribution >= 0.6 is 0 Å². The second-order valence-corrected chi connectivity index (χ2v) is 4.44. The molecule has 1 atom stereocenters. The van der Waals surface area contributed by atoms with E-state index in [2.05, 4.69) is 43.1 Å². The van der Waals surface area contributed by atoms with Crippen molar-refractivity contribution >= 4 is 0 Å². The molecule has 0 fully saturated rings. The zero-order valence-electron chi connectivity index (χ0n) is 10.9. The maximum absolute atomic E-state index is 4.30. The summed E-state index contributed by atoms with van der Waals surface area (Å²) in [6, 6.07) is 0.576. The van der Waals surface area contributed by atoms with Crippen molar-refractivity contribution in [3.8, 4) is 0 Å². The Kier molecular flexibility index (Phi) is 5.46. The van der Waals surface area contributed by atoms with Crippen LogP contribution in [-0.4, -0.2) is 27.4 Å². The van der Waals surface area contributed by atoms with Crippen molar-refractivity contribution in [2.24, 2.45) is 5.92 Å². The molecule has 0 bridgehead atoms. The lowest BCUT2D eigenvalue weighted by atomic mass is 9.99. The summed E-state index contributed by atoms with van der Waals surface area (Å²) in [7, 11) is 0. The highest BCUT2D eigenvalue weighted by Gasteiger charge is 2.13. The molecular weight excluding hydrogens is 200 g/mol. The molecule has 92 valence electrons. The Balaban J connectivity index is 2.48. The highest BCUT2D eigenvalue weighted by molar-refractivity contribution is 4.86. The number of nitrogens with zero attached hydrogens (tertiary/aromatic N) is 3. The van der Waals surface area contributed by atoms with E-state index in [1.165, 1.54) is 0 Å². The molecule has 0 aliphatic heterocycles. The second kappa shape index (κ2) is 6.63. The van der Waals surface area contributed by atoms with E-state index in [9.17, 15) is 0 Å². The fraction of sp³-hybridized carbons (Fsp3) is 0.833. The van der Waals surface area contributed by atoms with Gasteiger partial charge in [0.05, 0.1) is 0 Å². The minimum Gasteiger partial charge on any atom is -0.314 e. The number of aromatic nitrogens is 3. The first-order chi connectivity index (χ1) is 7.69. The van der Waals surface area contributed by atoms with E-state index in [4.69, 9.17) is 0 Å². The van der Waals surface area contributed by atoms with Gasteiger partial charge >= 0.3 is 0 Å². The largest absolute Gasteiger partial charge is 0.314 e. The van der Waals surface area contributed by atoms with Gasteiger partial charge in [-0.05, 0) is 25.8 Å². The van der Waals surface area contributed by atoms with Gasteiger partial charge in [0.15, 0.2) is 0 Å². The van der Waals surface area contributed by atoms with E-state index in [1.54, 1.807) is 6.33 Å². The molecule has 1 rings (SSSR count). The number of aryl methyl sites for hydroxylation is 2. The van der Waals surface area contributed by atoms with Gasteiger partial charge in [-0.25, -0.2) is 4.98 Å². The van der Waals surface area contributed by atoms with Gasteiger partial charge in [0.25, 0.3) is 0 Å². The molecule has 1 N–H and O–H groups in total. The molecule has 0 aliphatic carbocycles. The molecule has 1 heterocycles. The summed E-state index contributed by atoms with van der Waals surface area (Å²) in [4.78, 5) is 4.30. The Bertz CT molecular complexity index is 293. The standard InChI is InChI=1S/C12H24N4/c1-5-13-11(10(3)4)7-8-12-14-9-15-16(12)6-2/h9-11,13H,5-8H2,1-4H3. The third-order valence-electron chi connectivity index (χ3n) is 2.95. The Hall–Kier alpha value is -0.900. The van der Waals surface area contributed by atoms with E-state index in [1.807, 2.05) is 4.68 Å². The summed E-state index contributed by atoms with van der Waals surface area (Å²) in [6.45, 7) is 10.7. The smallest absolute Gasteiger partial charge is 0.138 e. The monoisotopic (exact) mass is 224 g/mol. The lowest BCUT2D eigenvalue weighted by Crippen LogP contribution is -2.34. The molecule has 0 aliphatic rings. The Morgan fingerprint density at radius 3 is 2.69 bits per heavy atom. The highest BCUT2D eigenvalue weighted by Crippen LogP contribution is 2.09. The molecule has 1 aromatic heterocycles. The Morgan fingerprint density at radius 1 is 1.38 bits per heavy atom. The third-order valence-corrected chi connectivity index (χ3v) is 2.95. The van der Waals surface area contributed by atoms with Crippen molar-refractivity contribution in [1.82, 2.24) is 20.1 Å². The molecule has 4 nitrogen and oxygen atoms in total. The number of nitrogens with one attached hydrogen (secondary N) is 1. The molecule has 0 saturated heterocycles. The molecule has 0 radical (unpaired) electrons. The normalized spacial score (nSPS) is 13.3. The van der Waals surface area contributed by atoms with Gasteiger partial charge in [0.1, 0.15) is 12.2 Å². The van der Waals surface area contributed by atoms with Crippen molar-refractivity contribution in [3.05, 3.63) is 12.2 Å². The van der Waals surface area contributed by atoms with Crippen LogP contribution in [0.1, 0.15) is 39.9 Å². The predicted molar refractivity (Wildman–Crippen MR) is 66.3 cm³/mol. The quantitative estimate of drug-likeness (QED) is 0.769. The van der Waals surface area contributed by atoms with Crippen LogP contribution in [0.4, 0.5) is 0 Å². The summed E-state index contributed by atoms with van der Waals surface area (Å²) in [5.41, 5.74) is 0. The van der Waals surface area contributed by atoms with Crippen LogP contribution in [0.3, 0.4) is 0 Å². The first-order valence-corrected chi connectivity index (χ1v) is 6.29. The van der Waals surface area contributed by atoms with Crippen LogP contribution in [0.5, 0.6) is 0 Å². The zero-order chi connectivity index (χ0) is 12.0. The maximum Gasteiger partial charge on any atom is 0.138 e. The fourth-order valence-electron chi connectivity index (χ4n) is 1.96. The van der Waals surface area contributed by atoms with Crippen molar-refractivity contribution in [1.29, 1.82) is 0 Å². The summed E-state index contributed by atoms with van der Waals surface area (Å²) >= 11 is 0. The van der Waals surface area contributed by atoms with Crippen LogP contribution in [0.25, 0.3) is 0 Å². The molecule has 0 spiro atoms. The molecule has 0 amide bonds. The van der Waals surface area contributed by atoms with Gasteiger partial charge in [0.2, 0.25) is 0 Å². The SMILES string of the molecule is CCNC(CCc1ncnn1CC)C(C)C. The average molecular weight is 224 g/mol. The molecule has 0 aromatic carbocycles. The van der Waals surface area contributed by atoms with E-state index in [0.717, 1.165) is 31.8 Å². The summed E-state index contributed by atoms with van der Waals surface area (Å²) in [5.74, 6) is 1.77. The molecule has 4 heteroatoms. The summed E-state index contributed by atoms with van der Waals surface area (Å²) in [5, 5.41) is 7.71. The lowest BCUT2D eigenvalue weighted by Gasteiger charge is -2.21. The van der Waals surface area contributed by atoms with Crippen LogP contribution in [-0.2, 0) is 13.0 Å². The summed E-state index contributed by atoms with van der Waals surface area (Å²) < 4.78 is 1.98. The van der Waals surface area contributed by atoms with Crippen LogP contribution in [0, 0.1) is 5.92 Å². The molecule has 1 unspecified atom stereocenters. The predicted octanol–water partition coefficient (Wildman–Crippen LogP) is 1.86. The van der Waals surface area contributed by atoms with Crippen LogP contribution in [0.15, 0.2) is 6.33 Å². The maximum atomic E-state index is 4.30. The van der Waals surface area contributed by atoms with Crippen molar-refractivity contribution in [2.75, 3.05) is 6.54 Å². The average Bonchev–Trinajstić information content (AvgIpc) is 2.71. The van der Waals surface area contributed by atoms with Crippen molar-refractivity contribution in [3.63, 3.8) is 0 Å². The highest BCUT2D eigenvalue weighted by atomic mass is 15.3. The van der Waals surface area contributed by atoms with Crippen LogP contribution in [0.2, 0.25) is 0 Å². The van der Waals surface area contributed by atoms with Gasteiger partial charge in [-0.1, -0.05) is 20.8 Å². The summed E-state index contributed by atoms with van der Waals surface area (Å²) in [6.07, 6.45) is 3.78. The first-order valence-electron chi connectivity index (χ1n) is 6.29. The van der Waals surface area contributed by atoms with E-state index < -0.39 is 0 Å². The van der Waals surface area contributed by atoms with Crippen molar-refractivity contribution < 1.29 is 0 Å². The fourth-order valence-corrected chi connectivity index (χ4v) is 1.96. The Labute approximate surface area is 98.5 Å². The van der Waals surface area contributed by atoms with Gasteiger partial charge in [-0.3, -0.25) is 4.68 Å². The zero-order valence-corrected chi connectivity index (χ0v) is 10.9. The second-order valence-electron chi connectivity index (χ2n) is 4.44. The lowest BCUT2D eigenvalue weighted by molar-refractivity contribution is 0.380. The number of rotatable bonds is 7. The minimum absolute atomic E-state index is 0.576. The van der Waals surface area contributed by atoms with Crippen molar-refractivity contribution in [2.45, 2.75) is 53.1 Å².